The van der Waals surface area contributed by atoms with E-state index in [1.165, 1.54) is 6.08 Å². The second-order valence-electron chi connectivity index (χ2n) is 4.60. The van der Waals surface area contributed by atoms with Gasteiger partial charge in [0.05, 0.1) is 0 Å². The highest BCUT2D eigenvalue weighted by Crippen LogP contribution is 2.32. The molecular weight excluding hydrogens is 224 g/mol. The van der Waals surface area contributed by atoms with E-state index in [4.69, 9.17) is 0 Å². The van der Waals surface area contributed by atoms with E-state index in [0.29, 0.717) is 5.57 Å². The van der Waals surface area contributed by atoms with Crippen LogP contribution < -0.4 is 0 Å². The topological polar surface area (TPSA) is 34.1 Å². The van der Waals surface area contributed by atoms with Gasteiger partial charge in [-0.3, -0.25) is 9.59 Å². The number of rotatable bonds is 1. The van der Waals surface area contributed by atoms with Crippen LogP contribution >= 0.6 is 0 Å². The van der Waals surface area contributed by atoms with Crippen molar-refractivity contribution >= 4 is 22.3 Å². The first-order valence-corrected chi connectivity index (χ1v) is 5.92. The highest BCUT2D eigenvalue weighted by molar-refractivity contribution is 6.26. The zero-order chi connectivity index (χ0) is 12.7. The summed E-state index contributed by atoms with van der Waals surface area (Å²) in [6.07, 6.45) is 1.45. The third kappa shape index (κ3) is 1.50. The molecule has 0 aromatic heterocycles. The molecule has 3 rings (SSSR count). The Kier molecular flexibility index (Phi) is 2.37. The van der Waals surface area contributed by atoms with E-state index in [1.54, 1.807) is 6.92 Å². The van der Waals surface area contributed by atoms with E-state index >= 15 is 0 Å². The van der Waals surface area contributed by atoms with Gasteiger partial charge in [-0.25, -0.2) is 0 Å². The number of carbonyl (C=O) groups is 2. The Hall–Kier alpha value is -2.22. The maximum atomic E-state index is 12.1. The number of allylic oxidation sites excluding steroid dienone is 2. The lowest BCUT2D eigenvalue weighted by Gasteiger charge is -2.11. The molecule has 0 saturated carbocycles. The number of benzene rings is 2. The van der Waals surface area contributed by atoms with E-state index in [-0.39, 0.29) is 11.6 Å². The lowest BCUT2D eigenvalue weighted by molar-refractivity contribution is -0.122. The first kappa shape index (κ1) is 10.9. The van der Waals surface area contributed by atoms with Crippen LogP contribution in [-0.4, -0.2) is 11.6 Å². The zero-order valence-corrected chi connectivity index (χ0v) is 10.0. The van der Waals surface area contributed by atoms with Gasteiger partial charge in [-0.2, -0.15) is 0 Å². The number of hydrogen-bond acceptors (Lipinski definition) is 2. The molecule has 1 atom stereocenters. The summed E-state index contributed by atoms with van der Waals surface area (Å²) in [7, 11) is 0. The average molecular weight is 236 g/mol. The molecule has 0 spiro atoms. The van der Waals surface area contributed by atoms with Crippen LogP contribution in [0.1, 0.15) is 18.4 Å². The molecule has 88 valence electrons. The molecule has 18 heavy (non-hydrogen) atoms. The number of hydrogen-bond donors (Lipinski definition) is 0. The number of ketones is 2. The highest BCUT2D eigenvalue weighted by Gasteiger charge is 2.34. The SMILES string of the molecule is CC1=CC(=O)C(c2cccc3ccccc23)C1=O. The molecule has 0 fully saturated rings. The predicted octanol–water partition coefficient (Wildman–Crippen LogP) is 3.02. The molecule has 2 nitrogen and oxygen atoms in total. The fraction of sp³-hybridized carbons (Fsp3) is 0.125. The van der Waals surface area contributed by atoms with E-state index in [1.807, 2.05) is 42.5 Å². The van der Waals surface area contributed by atoms with Crippen molar-refractivity contribution < 1.29 is 9.59 Å². The lowest BCUT2D eigenvalue weighted by Crippen LogP contribution is -2.14. The van der Waals surface area contributed by atoms with Gasteiger partial charge in [0.2, 0.25) is 0 Å². The summed E-state index contributed by atoms with van der Waals surface area (Å²) in [5, 5.41) is 2.04. The fourth-order valence-electron chi connectivity index (χ4n) is 2.52. The third-order valence-electron chi connectivity index (χ3n) is 3.43. The summed E-state index contributed by atoms with van der Waals surface area (Å²) < 4.78 is 0. The van der Waals surface area contributed by atoms with Crippen molar-refractivity contribution in [2.45, 2.75) is 12.8 Å². The van der Waals surface area contributed by atoms with Gasteiger partial charge in [-0.1, -0.05) is 42.5 Å². The van der Waals surface area contributed by atoms with Crippen molar-refractivity contribution in [3.05, 3.63) is 59.7 Å². The fourth-order valence-corrected chi connectivity index (χ4v) is 2.52. The van der Waals surface area contributed by atoms with Crippen LogP contribution in [0.15, 0.2) is 54.1 Å². The summed E-state index contributed by atoms with van der Waals surface area (Å²) in [6.45, 7) is 1.70. The second-order valence-corrected chi connectivity index (χ2v) is 4.60. The Balaban J connectivity index is 2.22. The molecule has 0 amide bonds. The van der Waals surface area contributed by atoms with E-state index < -0.39 is 5.92 Å². The largest absolute Gasteiger partial charge is 0.294 e. The second kappa shape index (κ2) is 3.91. The quantitative estimate of drug-likeness (QED) is 0.713. The molecule has 0 aliphatic heterocycles. The Morgan fingerprint density at radius 3 is 2.39 bits per heavy atom. The minimum absolute atomic E-state index is 0.0728. The van der Waals surface area contributed by atoms with Crippen LogP contribution in [0, 0.1) is 0 Å². The molecular formula is C16H12O2. The van der Waals surface area contributed by atoms with Crippen LogP contribution in [0.4, 0.5) is 0 Å². The van der Waals surface area contributed by atoms with Gasteiger partial charge >= 0.3 is 0 Å². The van der Waals surface area contributed by atoms with E-state index in [9.17, 15) is 9.59 Å². The molecule has 2 aromatic carbocycles. The first-order chi connectivity index (χ1) is 8.68. The Morgan fingerprint density at radius 1 is 0.944 bits per heavy atom. The molecule has 2 aromatic rings. The molecule has 0 radical (unpaired) electrons. The normalized spacial score (nSPS) is 19.4. The first-order valence-electron chi connectivity index (χ1n) is 5.92. The molecule has 0 N–H and O–H groups in total. The monoisotopic (exact) mass is 236 g/mol. The van der Waals surface area contributed by atoms with Crippen molar-refractivity contribution in [3.8, 4) is 0 Å². The lowest BCUT2D eigenvalue weighted by atomic mass is 9.90. The third-order valence-corrected chi connectivity index (χ3v) is 3.43. The summed E-state index contributed by atoms with van der Waals surface area (Å²) in [5.74, 6) is -0.818. The predicted molar refractivity (Wildman–Crippen MR) is 70.5 cm³/mol. The summed E-state index contributed by atoms with van der Waals surface area (Å²) >= 11 is 0. The van der Waals surface area contributed by atoms with Gasteiger partial charge in [0, 0.05) is 0 Å². The molecule has 1 unspecified atom stereocenters. The highest BCUT2D eigenvalue weighted by atomic mass is 16.2. The van der Waals surface area contributed by atoms with E-state index in [2.05, 4.69) is 0 Å². The van der Waals surface area contributed by atoms with Crippen molar-refractivity contribution in [3.63, 3.8) is 0 Å². The summed E-state index contributed by atoms with van der Waals surface area (Å²) in [6, 6.07) is 13.6. The number of carbonyl (C=O) groups excluding carboxylic acids is 2. The Bertz CT molecular complexity index is 690. The molecule has 1 aliphatic carbocycles. The van der Waals surface area contributed by atoms with Gasteiger partial charge in [0.15, 0.2) is 11.6 Å². The van der Waals surface area contributed by atoms with Gasteiger partial charge in [-0.15, -0.1) is 0 Å². The molecule has 0 saturated heterocycles. The summed E-state index contributed by atoms with van der Waals surface area (Å²) in [5.41, 5.74) is 1.37. The van der Waals surface area contributed by atoms with Gasteiger partial charge in [0.1, 0.15) is 5.92 Å². The molecule has 0 bridgehead atoms. The standard InChI is InChI=1S/C16H12O2/c1-10-9-14(17)15(16(10)18)13-8-4-6-11-5-2-3-7-12(11)13/h2-9,15H,1H3. The summed E-state index contributed by atoms with van der Waals surface area (Å²) in [4.78, 5) is 24.0. The maximum absolute atomic E-state index is 12.1. The van der Waals surface area contributed by atoms with Crippen LogP contribution in [0.25, 0.3) is 10.8 Å². The van der Waals surface area contributed by atoms with Crippen LogP contribution in [0.2, 0.25) is 0 Å². The zero-order valence-electron chi connectivity index (χ0n) is 10.0. The van der Waals surface area contributed by atoms with Gasteiger partial charge in [0.25, 0.3) is 0 Å². The maximum Gasteiger partial charge on any atom is 0.173 e. The molecule has 0 heterocycles. The van der Waals surface area contributed by atoms with Crippen molar-refractivity contribution in [2.75, 3.05) is 0 Å². The number of fused-ring (bicyclic) bond motifs is 1. The molecule has 2 heteroatoms. The Morgan fingerprint density at radius 2 is 1.67 bits per heavy atom. The van der Waals surface area contributed by atoms with Crippen LogP contribution in [0.5, 0.6) is 0 Å². The minimum Gasteiger partial charge on any atom is -0.294 e. The molecule has 1 aliphatic rings. The van der Waals surface area contributed by atoms with Crippen LogP contribution in [-0.2, 0) is 9.59 Å². The smallest absolute Gasteiger partial charge is 0.173 e. The van der Waals surface area contributed by atoms with Crippen LogP contribution in [0.3, 0.4) is 0 Å². The average Bonchev–Trinajstić information content (AvgIpc) is 2.63. The van der Waals surface area contributed by atoms with Crippen molar-refractivity contribution in [2.24, 2.45) is 0 Å². The minimum atomic E-state index is -0.643. The Labute approximate surface area is 105 Å². The van der Waals surface area contributed by atoms with Gasteiger partial charge in [-0.05, 0) is 34.9 Å². The van der Waals surface area contributed by atoms with Gasteiger partial charge < -0.3 is 0 Å². The number of Topliss-reactive ketones (excluding diaryl/α,β-unsaturated/α-hetero) is 1. The van der Waals surface area contributed by atoms with Crippen molar-refractivity contribution in [1.82, 2.24) is 0 Å². The van der Waals surface area contributed by atoms with E-state index in [0.717, 1.165) is 16.3 Å². The van der Waals surface area contributed by atoms with Crippen molar-refractivity contribution in [1.29, 1.82) is 0 Å².